The van der Waals surface area contributed by atoms with Gasteiger partial charge < -0.3 is 0 Å². The van der Waals surface area contributed by atoms with Crippen LogP contribution in [0.25, 0.3) is 0 Å². The summed E-state index contributed by atoms with van der Waals surface area (Å²) in [5, 5.41) is 2.90. The molecule has 4 heteroatoms. The van der Waals surface area contributed by atoms with E-state index in [4.69, 9.17) is 20.3 Å². The molecule has 0 amide bonds. The van der Waals surface area contributed by atoms with Gasteiger partial charge in [0.25, 0.3) is 0 Å². The molecule has 99 valence electrons. The monoisotopic (exact) mass is 343 g/mol. The Morgan fingerprint density at radius 3 is 1.44 bits per heavy atom. The number of rotatable bonds is 2. The van der Waals surface area contributed by atoms with Gasteiger partial charge in [0.05, 0.1) is 0 Å². The van der Waals surface area contributed by atoms with Gasteiger partial charge in [0.15, 0.2) is 0 Å². The molecular formula is C14H15Cl2CoP. The number of aryl methyl sites for hydroxylation is 2. The summed E-state index contributed by atoms with van der Waals surface area (Å²) >= 11 is 0.382. The quantitative estimate of drug-likeness (QED) is 0.713. The normalized spacial score (nSPS) is 9.78. The summed E-state index contributed by atoms with van der Waals surface area (Å²) < 4.78 is 0. The van der Waals surface area contributed by atoms with Crippen LogP contribution >= 0.6 is 28.9 Å². The first kappa shape index (κ1) is 16.0. The third-order valence-corrected chi connectivity index (χ3v) is 4.22. The molecule has 18 heavy (non-hydrogen) atoms. The zero-order chi connectivity index (χ0) is 13.4. The van der Waals surface area contributed by atoms with Crippen molar-refractivity contribution in [2.24, 2.45) is 0 Å². The van der Waals surface area contributed by atoms with Crippen molar-refractivity contribution in [3.05, 3.63) is 59.7 Å². The van der Waals surface area contributed by atoms with E-state index >= 15 is 0 Å². The predicted octanol–water partition coefficient (Wildman–Crippen LogP) is 4.31. The van der Waals surface area contributed by atoms with Gasteiger partial charge in [-0.1, -0.05) is 57.1 Å². The predicted molar refractivity (Wildman–Crippen MR) is 81.6 cm³/mol. The molecule has 0 saturated carbocycles. The topological polar surface area (TPSA) is 0 Å². The maximum atomic E-state index is 4.73. The second-order valence-electron chi connectivity index (χ2n) is 3.80. The van der Waals surface area contributed by atoms with Gasteiger partial charge in [-0.05, 0) is 35.6 Å². The maximum absolute atomic E-state index is 4.73. The third-order valence-electron chi connectivity index (χ3n) is 2.56. The van der Waals surface area contributed by atoms with Crippen LogP contribution in [0.3, 0.4) is 0 Å². The SMILES string of the molecule is Cc1ccccc1Pc1ccccc1C.[Cl][Co][Cl]. The van der Waals surface area contributed by atoms with Crippen LogP contribution in [0.5, 0.6) is 0 Å². The van der Waals surface area contributed by atoms with Crippen molar-refractivity contribution in [3.8, 4) is 0 Å². The van der Waals surface area contributed by atoms with E-state index in [2.05, 4.69) is 62.4 Å². The van der Waals surface area contributed by atoms with Gasteiger partial charge in [0, 0.05) is 0 Å². The molecule has 2 rings (SSSR count). The van der Waals surface area contributed by atoms with Gasteiger partial charge >= 0.3 is 33.2 Å². The first-order valence-electron chi connectivity index (χ1n) is 5.41. The first-order valence-corrected chi connectivity index (χ1v) is 9.27. The van der Waals surface area contributed by atoms with Crippen LogP contribution < -0.4 is 10.6 Å². The van der Waals surface area contributed by atoms with E-state index in [9.17, 15) is 0 Å². The average Bonchev–Trinajstić information content (AvgIpc) is 2.36. The van der Waals surface area contributed by atoms with Crippen molar-refractivity contribution < 1.29 is 12.9 Å². The second kappa shape index (κ2) is 8.96. The zero-order valence-corrected chi connectivity index (χ0v) is 13.8. The summed E-state index contributed by atoms with van der Waals surface area (Å²) in [6.45, 7) is 4.36. The van der Waals surface area contributed by atoms with Gasteiger partial charge in [0.1, 0.15) is 0 Å². The van der Waals surface area contributed by atoms with Crippen molar-refractivity contribution in [3.63, 3.8) is 0 Å². The summed E-state index contributed by atoms with van der Waals surface area (Å²) in [4.78, 5) is 0. The Labute approximate surface area is 125 Å². The fourth-order valence-corrected chi connectivity index (χ4v) is 2.78. The van der Waals surface area contributed by atoms with Gasteiger partial charge in [-0.3, -0.25) is 0 Å². The molecule has 0 aromatic heterocycles. The molecule has 0 nitrogen and oxygen atoms in total. The third kappa shape index (κ3) is 5.30. The number of halogens is 2. The molecular weight excluding hydrogens is 329 g/mol. The van der Waals surface area contributed by atoms with Crippen LogP contribution in [0.4, 0.5) is 0 Å². The van der Waals surface area contributed by atoms with E-state index in [1.807, 2.05) is 0 Å². The Morgan fingerprint density at radius 1 is 0.778 bits per heavy atom. The summed E-state index contributed by atoms with van der Waals surface area (Å²) in [5.74, 6) is 0. The van der Waals surface area contributed by atoms with Gasteiger partial charge in [0.2, 0.25) is 0 Å². The molecule has 0 aliphatic rings. The summed E-state index contributed by atoms with van der Waals surface area (Å²) in [6.07, 6.45) is 0. The summed E-state index contributed by atoms with van der Waals surface area (Å²) in [7, 11) is 10.2. The van der Waals surface area contributed by atoms with Crippen molar-refractivity contribution in [1.82, 2.24) is 0 Å². The van der Waals surface area contributed by atoms with Crippen molar-refractivity contribution >= 4 is 39.5 Å². The Hall–Kier alpha value is -0.0435. The molecule has 0 bridgehead atoms. The van der Waals surface area contributed by atoms with Crippen LogP contribution in [0.2, 0.25) is 0 Å². The molecule has 0 atom stereocenters. The molecule has 0 radical (unpaired) electrons. The Balaban J connectivity index is 0.000000492. The van der Waals surface area contributed by atoms with E-state index in [-0.39, 0.29) is 0 Å². The molecule has 2 aromatic carbocycles. The summed E-state index contributed by atoms with van der Waals surface area (Å²) in [6, 6.07) is 17.2. The first-order chi connectivity index (χ1) is 8.69. The van der Waals surface area contributed by atoms with Crippen LogP contribution in [0.1, 0.15) is 11.1 Å². The van der Waals surface area contributed by atoms with E-state index < -0.39 is 0 Å². The Bertz CT molecular complexity index is 445. The van der Waals surface area contributed by atoms with Gasteiger partial charge in [-0.25, -0.2) is 0 Å². The van der Waals surface area contributed by atoms with Gasteiger partial charge in [-0.2, -0.15) is 0 Å². The van der Waals surface area contributed by atoms with Crippen molar-refractivity contribution in [1.29, 1.82) is 0 Å². The number of hydrogen-bond acceptors (Lipinski definition) is 0. The number of hydrogen-bond donors (Lipinski definition) is 0. The fraction of sp³-hybridized carbons (Fsp3) is 0.143. The molecule has 0 saturated heterocycles. The van der Waals surface area contributed by atoms with Crippen LogP contribution in [0, 0.1) is 13.8 Å². The average molecular weight is 344 g/mol. The molecule has 0 unspecified atom stereocenters. The molecule has 0 heterocycles. The van der Waals surface area contributed by atoms with Crippen LogP contribution in [-0.4, -0.2) is 0 Å². The van der Waals surface area contributed by atoms with Crippen LogP contribution in [-0.2, 0) is 12.9 Å². The van der Waals surface area contributed by atoms with Crippen LogP contribution in [0.15, 0.2) is 48.5 Å². The van der Waals surface area contributed by atoms with E-state index in [1.165, 1.54) is 21.7 Å². The van der Waals surface area contributed by atoms with Crippen molar-refractivity contribution in [2.45, 2.75) is 13.8 Å². The van der Waals surface area contributed by atoms with Crippen molar-refractivity contribution in [2.75, 3.05) is 0 Å². The minimum atomic E-state index is 0.382. The Morgan fingerprint density at radius 2 is 1.11 bits per heavy atom. The van der Waals surface area contributed by atoms with E-state index in [1.54, 1.807) is 0 Å². The number of benzene rings is 2. The second-order valence-corrected chi connectivity index (χ2v) is 6.85. The molecule has 0 spiro atoms. The van der Waals surface area contributed by atoms with E-state index in [0.717, 1.165) is 8.58 Å². The minimum absolute atomic E-state index is 0.382. The standard InChI is InChI=1S/C14H15P.2ClH.Co/c1-11-7-3-5-9-13(11)15-14-10-6-4-8-12(14)2;;;/h3-10,15H,1-2H3;2*1H;/q;;;+2/p-2. The summed E-state index contributed by atoms with van der Waals surface area (Å²) in [5.41, 5.74) is 2.78. The molecule has 0 aliphatic carbocycles. The molecule has 0 aliphatic heterocycles. The van der Waals surface area contributed by atoms with Gasteiger partial charge in [-0.15, -0.1) is 0 Å². The Kier molecular flexibility index (Phi) is 7.97. The molecule has 0 N–H and O–H groups in total. The molecule has 2 aromatic rings. The zero-order valence-electron chi connectivity index (χ0n) is 10.2. The molecule has 0 fully saturated rings. The van der Waals surface area contributed by atoms with E-state index in [0.29, 0.717) is 12.9 Å². The fourth-order valence-electron chi connectivity index (χ4n) is 1.57.